The van der Waals surface area contributed by atoms with Crippen molar-refractivity contribution in [2.45, 2.75) is 64.9 Å². The minimum atomic E-state index is -0.919. The molecule has 0 spiro atoms. The summed E-state index contributed by atoms with van der Waals surface area (Å²) in [6, 6.07) is 7.93. The molecule has 1 aliphatic rings. The normalized spacial score (nSPS) is 18.2. The van der Waals surface area contributed by atoms with Gasteiger partial charge in [0.15, 0.2) is 11.6 Å². The lowest BCUT2D eigenvalue weighted by atomic mass is 9.94. The molecule has 0 radical (unpaired) electrons. The van der Waals surface area contributed by atoms with Crippen molar-refractivity contribution in [3.63, 3.8) is 0 Å². The summed E-state index contributed by atoms with van der Waals surface area (Å²) >= 11 is 0. The number of halogens is 3. The van der Waals surface area contributed by atoms with Crippen molar-refractivity contribution < 1.29 is 22.6 Å². The van der Waals surface area contributed by atoms with Crippen LogP contribution >= 0.6 is 0 Å². The molecule has 0 aromatic heterocycles. The Labute approximate surface area is 189 Å². The van der Waals surface area contributed by atoms with E-state index in [1.807, 2.05) is 0 Å². The van der Waals surface area contributed by atoms with E-state index in [1.165, 1.54) is 44.4 Å². The second-order valence-electron chi connectivity index (χ2n) is 8.37. The second-order valence-corrected chi connectivity index (χ2v) is 8.37. The van der Waals surface area contributed by atoms with Crippen LogP contribution in [0.5, 0.6) is 5.75 Å². The van der Waals surface area contributed by atoms with Crippen molar-refractivity contribution in [2.24, 2.45) is 5.92 Å². The van der Waals surface area contributed by atoms with Gasteiger partial charge in [-0.1, -0.05) is 50.5 Å². The molecule has 0 N–H and O–H groups in total. The summed E-state index contributed by atoms with van der Waals surface area (Å²) in [5, 5.41) is 0. The summed E-state index contributed by atoms with van der Waals surface area (Å²) in [6.07, 6.45) is 6.70. The Morgan fingerprint density at radius 3 is 2.53 bits per heavy atom. The Morgan fingerprint density at radius 2 is 1.81 bits per heavy atom. The summed E-state index contributed by atoms with van der Waals surface area (Å²) in [5.74, 6) is 4.01. The van der Waals surface area contributed by atoms with Gasteiger partial charge in [-0.15, -0.1) is 0 Å². The van der Waals surface area contributed by atoms with E-state index in [-0.39, 0.29) is 29.0 Å². The van der Waals surface area contributed by atoms with Gasteiger partial charge in [0.05, 0.1) is 24.9 Å². The molecule has 32 heavy (non-hydrogen) atoms. The monoisotopic (exact) mass is 444 g/mol. The molecule has 2 aromatic carbocycles. The Kier molecular flexibility index (Phi) is 9.05. The minimum absolute atomic E-state index is 0.0437. The smallest absolute Gasteiger partial charge is 0.174 e. The van der Waals surface area contributed by atoms with Gasteiger partial charge in [-0.05, 0) is 49.9 Å². The van der Waals surface area contributed by atoms with Crippen molar-refractivity contribution in [3.8, 4) is 17.6 Å². The van der Waals surface area contributed by atoms with Crippen molar-refractivity contribution in [2.75, 3.05) is 13.2 Å². The van der Waals surface area contributed by atoms with Crippen molar-refractivity contribution >= 4 is 0 Å². The molecule has 0 amide bonds. The van der Waals surface area contributed by atoms with Crippen LogP contribution in [-0.2, 0) is 4.74 Å². The number of unbranched alkanes of at least 4 members (excludes halogenated alkanes) is 4. The molecule has 1 heterocycles. The molecule has 0 aliphatic carbocycles. The molecule has 1 fully saturated rings. The Morgan fingerprint density at radius 1 is 1.00 bits per heavy atom. The van der Waals surface area contributed by atoms with Crippen molar-refractivity contribution in [3.05, 3.63) is 64.5 Å². The van der Waals surface area contributed by atoms with Gasteiger partial charge in [0.25, 0.3) is 0 Å². The van der Waals surface area contributed by atoms with E-state index in [9.17, 15) is 13.2 Å². The average molecular weight is 445 g/mol. The van der Waals surface area contributed by atoms with Gasteiger partial charge in [0.1, 0.15) is 11.6 Å². The number of hydrogen-bond donors (Lipinski definition) is 0. The molecule has 2 atom stereocenters. The van der Waals surface area contributed by atoms with E-state index in [2.05, 4.69) is 18.8 Å². The van der Waals surface area contributed by atoms with Crippen LogP contribution in [0.4, 0.5) is 13.2 Å². The van der Waals surface area contributed by atoms with Crippen LogP contribution < -0.4 is 4.74 Å². The van der Waals surface area contributed by atoms with Crippen LogP contribution in [-0.4, -0.2) is 13.2 Å². The summed E-state index contributed by atoms with van der Waals surface area (Å²) < 4.78 is 53.8. The van der Waals surface area contributed by atoms with E-state index >= 15 is 0 Å². The summed E-state index contributed by atoms with van der Waals surface area (Å²) in [6.45, 7) is 4.60. The van der Waals surface area contributed by atoms with Crippen LogP contribution in [0, 0.1) is 42.1 Å². The maximum atomic E-state index is 14.6. The van der Waals surface area contributed by atoms with Crippen LogP contribution in [0.25, 0.3) is 0 Å². The van der Waals surface area contributed by atoms with Gasteiger partial charge in [-0.25, -0.2) is 13.2 Å². The van der Waals surface area contributed by atoms with E-state index in [0.717, 1.165) is 12.8 Å². The average Bonchev–Trinajstić information content (AvgIpc) is 2.80. The number of ether oxygens (including phenoxy) is 2. The first-order valence-electron chi connectivity index (χ1n) is 11.5. The second kappa shape index (κ2) is 12.0. The van der Waals surface area contributed by atoms with E-state index < -0.39 is 11.6 Å². The van der Waals surface area contributed by atoms with Crippen LogP contribution in [0.3, 0.4) is 0 Å². The molecule has 2 unspecified atom stereocenters. The fourth-order valence-corrected chi connectivity index (χ4v) is 3.79. The molecular formula is C27H31F3O2. The first-order chi connectivity index (χ1) is 15.5. The Balaban J connectivity index is 1.50. The molecule has 2 aromatic rings. The number of aryl methyl sites for hydroxylation is 1. The van der Waals surface area contributed by atoms with Crippen LogP contribution in [0.2, 0.25) is 0 Å². The van der Waals surface area contributed by atoms with Gasteiger partial charge in [-0.3, -0.25) is 0 Å². The third kappa shape index (κ3) is 6.53. The molecule has 1 aliphatic heterocycles. The zero-order valence-electron chi connectivity index (χ0n) is 18.9. The highest BCUT2D eigenvalue weighted by molar-refractivity contribution is 5.39. The molecule has 0 saturated carbocycles. The van der Waals surface area contributed by atoms with Gasteiger partial charge < -0.3 is 9.47 Å². The van der Waals surface area contributed by atoms with Crippen molar-refractivity contribution in [1.82, 2.24) is 0 Å². The topological polar surface area (TPSA) is 18.5 Å². The van der Waals surface area contributed by atoms with Gasteiger partial charge in [0.2, 0.25) is 0 Å². The lowest BCUT2D eigenvalue weighted by Gasteiger charge is -2.27. The predicted molar refractivity (Wildman–Crippen MR) is 120 cm³/mol. The van der Waals surface area contributed by atoms with Gasteiger partial charge >= 0.3 is 0 Å². The highest BCUT2D eigenvalue weighted by atomic mass is 19.2. The quantitative estimate of drug-likeness (QED) is 0.315. The molecule has 2 nitrogen and oxygen atoms in total. The maximum Gasteiger partial charge on any atom is 0.174 e. The molecule has 5 heteroatoms. The third-order valence-corrected chi connectivity index (χ3v) is 5.80. The first-order valence-corrected chi connectivity index (χ1v) is 11.5. The Hall–Kier alpha value is -2.45. The third-order valence-electron chi connectivity index (χ3n) is 5.80. The molecule has 3 rings (SSSR count). The SMILES string of the molecule is CCCCCCCOc1ccc(C2CCC(C#Cc3ccc(C)c(F)c3F)CO2)c(F)c1. The predicted octanol–water partition coefficient (Wildman–Crippen LogP) is 7.28. The number of hydrogen-bond acceptors (Lipinski definition) is 2. The molecule has 1 saturated heterocycles. The van der Waals surface area contributed by atoms with Crippen molar-refractivity contribution in [1.29, 1.82) is 0 Å². The van der Waals surface area contributed by atoms with E-state index in [0.29, 0.717) is 37.4 Å². The summed E-state index contributed by atoms with van der Waals surface area (Å²) in [7, 11) is 0. The van der Waals surface area contributed by atoms with Crippen LogP contribution in [0.15, 0.2) is 30.3 Å². The largest absolute Gasteiger partial charge is 0.493 e. The van der Waals surface area contributed by atoms with E-state index in [1.54, 1.807) is 12.1 Å². The number of benzene rings is 2. The van der Waals surface area contributed by atoms with Gasteiger partial charge in [0, 0.05) is 17.5 Å². The zero-order chi connectivity index (χ0) is 22.9. The van der Waals surface area contributed by atoms with E-state index in [4.69, 9.17) is 9.47 Å². The van der Waals surface area contributed by atoms with Gasteiger partial charge in [-0.2, -0.15) is 0 Å². The lowest BCUT2D eigenvalue weighted by Crippen LogP contribution is -2.20. The highest BCUT2D eigenvalue weighted by Gasteiger charge is 2.24. The molecule has 0 bridgehead atoms. The minimum Gasteiger partial charge on any atom is -0.493 e. The molecule has 172 valence electrons. The fourth-order valence-electron chi connectivity index (χ4n) is 3.79. The lowest BCUT2D eigenvalue weighted by molar-refractivity contribution is -0.00493. The fraction of sp³-hybridized carbons (Fsp3) is 0.481. The zero-order valence-corrected chi connectivity index (χ0v) is 18.9. The Bertz CT molecular complexity index is 953. The van der Waals surface area contributed by atoms with Crippen LogP contribution in [0.1, 0.15) is 74.7 Å². The summed E-state index contributed by atoms with van der Waals surface area (Å²) in [5.41, 5.74) is 0.808. The number of rotatable bonds is 8. The maximum absolute atomic E-state index is 14.6. The molecular weight excluding hydrogens is 413 g/mol. The first kappa shape index (κ1) is 24.2. The summed E-state index contributed by atoms with van der Waals surface area (Å²) in [4.78, 5) is 0. The highest BCUT2D eigenvalue weighted by Crippen LogP contribution is 2.33. The standard InChI is InChI=1S/C27H31F3O2/c1-3-4-5-6-7-16-31-22-13-14-23(24(28)17-22)25-15-10-20(18-32-25)9-12-21-11-8-19(2)26(29)27(21)30/h8,11,13-14,17,20,25H,3-7,10,15-16,18H2,1-2H3.